The van der Waals surface area contributed by atoms with E-state index in [1.54, 1.807) is 30.3 Å². The van der Waals surface area contributed by atoms with E-state index < -0.39 is 17.6 Å². The Morgan fingerprint density at radius 3 is 2.55 bits per heavy atom. The summed E-state index contributed by atoms with van der Waals surface area (Å²) in [5.41, 5.74) is 1.60. The lowest BCUT2D eigenvalue weighted by atomic mass is 10.0. The maximum Gasteiger partial charge on any atom is 0.307 e. The minimum absolute atomic E-state index is 0.163. The van der Waals surface area contributed by atoms with Gasteiger partial charge in [0, 0.05) is 11.8 Å². The first-order valence-corrected chi connectivity index (χ1v) is 8.67. The quantitative estimate of drug-likeness (QED) is 0.553. The molecule has 0 unspecified atom stereocenters. The highest BCUT2D eigenvalue weighted by atomic mass is 19.1. The fourth-order valence-electron chi connectivity index (χ4n) is 3.26. The molecule has 4 rings (SSSR count). The predicted molar refractivity (Wildman–Crippen MR) is 102 cm³/mol. The van der Waals surface area contributed by atoms with Gasteiger partial charge in [0.2, 0.25) is 5.88 Å². The third kappa shape index (κ3) is 3.29. The summed E-state index contributed by atoms with van der Waals surface area (Å²) < 4.78 is 35.4. The number of aromatic nitrogens is 3. The molecule has 0 spiro atoms. The van der Waals surface area contributed by atoms with E-state index in [9.17, 15) is 13.6 Å². The fourth-order valence-corrected chi connectivity index (χ4v) is 3.26. The number of rotatable bonds is 5. The maximum atomic E-state index is 14.5. The van der Waals surface area contributed by atoms with Crippen LogP contribution in [0.15, 0.2) is 54.7 Å². The number of aliphatic carboxylic acids is 1. The first-order chi connectivity index (χ1) is 14.0. The summed E-state index contributed by atoms with van der Waals surface area (Å²) in [6.07, 6.45) is 1.30. The van der Waals surface area contributed by atoms with Gasteiger partial charge < -0.3 is 9.84 Å². The lowest BCUT2D eigenvalue weighted by Crippen LogP contribution is -2.03. The number of para-hydroxylation sites is 1. The molecule has 4 aromatic rings. The monoisotopic (exact) mass is 395 g/mol. The minimum Gasteiger partial charge on any atom is -0.481 e. The van der Waals surface area contributed by atoms with Gasteiger partial charge in [-0.05, 0) is 29.8 Å². The van der Waals surface area contributed by atoms with E-state index in [1.807, 2.05) is 0 Å². The smallest absolute Gasteiger partial charge is 0.307 e. The minimum atomic E-state index is -0.967. The Balaban J connectivity index is 2.02. The number of ether oxygens (including phenoxy) is 1. The van der Waals surface area contributed by atoms with E-state index in [0.29, 0.717) is 27.7 Å². The van der Waals surface area contributed by atoms with Gasteiger partial charge >= 0.3 is 5.97 Å². The van der Waals surface area contributed by atoms with E-state index >= 15 is 0 Å². The van der Waals surface area contributed by atoms with Gasteiger partial charge in [0.1, 0.15) is 11.4 Å². The molecule has 0 fully saturated rings. The number of methoxy groups -OCH3 is 1. The van der Waals surface area contributed by atoms with Crippen LogP contribution in [0.1, 0.15) is 5.56 Å². The normalized spacial score (nSPS) is 11.0. The number of carbonyl (C=O) groups is 1. The van der Waals surface area contributed by atoms with Crippen LogP contribution in [0.25, 0.3) is 27.8 Å². The van der Waals surface area contributed by atoms with Crippen molar-refractivity contribution in [3.05, 3.63) is 71.9 Å². The van der Waals surface area contributed by atoms with Gasteiger partial charge in [-0.25, -0.2) is 18.4 Å². The molecular weight excluding hydrogens is 380 g/mol. The molecule has 0 saturated heterocycles. The molecule has 2 heterocycles. The van der Waals surface area contributed by atoms with Crippen LogP contribution in [0.2, 0.25) is 0 Å². The van der Waals surface area contributed by atoms with Gasteiger partial charge in [-0.2, -0.15) is 5.10 Å². The highest BCUT2D eigenvalue weighted by Gasteiger charge is 2.22. The summed E-state index contributed by atoms with van der Waals surface area (Å²) >= 11 is 0. The van der Waals surface area contributed by atoms with E-state index in [-0.39, 0.29) is 18.0 Å². The van der Waals surface area contributed by atoms with Crippen molar-refractivity contribution in [3.8, 4) is 22.8 Å². The molecule has 1 N–H and O–H groups in total. The fraction of sp³-hybridized carbons (Fsp3) is 0.0952. The lowest BCUT2D eigenvalue weighted by Gasteiger charge is -2.06. The van der Waals surface area contributed by atoms with Gasteiger partial charge in [0.25, 0.3) is 0 Å². The molecule has 0 saturated carbocycles. The van der Waals surface area contributed by atoms with Crippen LogP contribution in [-0.4, -0.2) is 33.0 Å². The van der Waals surface area contributed by atoms with E-state index in [1.165, 1.54) is 24.1 Å². The molecule has 0 aliphatic carbocycles. The van der Waals surface area contributed by atoms with Gasteiger partial charge in [0.15, 0.2) is 11.6 Å². The Kier molecular flexibility index (Phi) is 4.67. The largest absolute Gasteiger partial charge is 0.481 e. The first kappa shape index (κ1) is 18.5. The Morgan fingerprint density at radius 1 is 1.14 bits per heavy atom. The van der Waals surface area contributed by atoms with Crippen molar-refractivity contribution in [3.63, 3.8) is 0 Å². The molecule has 0 atom stereocenters. The van der Waals surface area contributed by atoms with Gasteiger partial charge in [-0.3, -0.25) is 4.79 Å². The SMILES string of the molecule is COc1nccc2c1c(-c1cccc(CC(=O)O)c1)nn2-c1c(F)cccc1F. The van der Waals surface area contributed by atoms with Gasteiger partial charge in [-0.15, -0.1) is 0 Å². The van der Waals surface area contributed by atoms with Crippen LogP contribution in [0.5, 0.6) is 5.88 Å². The van der Waals surface area contributed by atoms with Crippen molar-refractivity contribution < 1.29 is 23.4 Å². The van der Waals surface area contributed by atoms with E-state index in [4.69, 9.17) is 9.84 Å². The molecule has 0 aliphatic rings. The number of halogens is 2. The van der Waals surface area contributed by atoms with Crippen molar-refractivity contribution in [1.29, 1.82) is 0 Å². The van der Waals surface area contributed by atoms with Crippen LogP contribution in [0.4, 0.5) is 8.78 Å². The Bertz CT molecular complexity index is 1220. The highest BCUT2D eigenvalue weighted by Crippen LogP contribution is 2.36. The third-order valence-electron chi connectivity index (χ3n) is 4.46. The van der Waals surface area contributed by atoms with Crippen molar-refractivity contribution >= 4 is 16.9 Å². The number of hydrogen-bond acceptors (Lipinski definition) is 4. The summed E-state index contributed by atoms with van der Waals surface area (Å²) in [4.78, 5) is 15.2. The molecule has 2 aromatic carbocycles. The zero-order valence-corrected chi connectivity index (χ0v) is 15.3. The number of carboxylic acids is 1. The van der Waals surface area contributed by atoms with E-state index in [0.717, 1.165) is 12.1 Å². The molecule has 6 nitrogen and oxygen atoms in total. The Labute approximate surface area is 164 Å². The molecule has 29 heavy (non-hydrogen) atoms. The first-order valence-electron chi connectivity index (χ1n) is 8.67. The predicted octanol–water partition coefficient (Wildman–Crippen LogP) is 4.00. The van der Waals surface area contributed by atoms with Crippen molar-refractivity contribution in [2.24, 2.45) is 0 Å². The summed E-state index contributed by atoms with van der Waals surface area (Å²) in [6, 6.07) is 12.0. The molecule has 0 radical (unpaired) electrons. The number of fused-ring (bicyclic) bond motifs is 1. The Morgan fingerprint density at radius 2 is 1.86 bits per heavy atom. The lowest BCUT2D eigenvalue weighted by molar-refractivity contribution is -0.136. The molecule has 2 aromatic heterocycles. The van der Waals surface area contributed by atoms with Crippen LogP contribution >= 0.6 is 0 Å². The van der Waals surface area contributed by atoms with Crippen molar-refractivity contribution in [1.82, 2.24) is 14.8 Å². The average molecular weight is 395 g/mol. The summed E-state index contributed by atoms with van der Waals surface area (Å²) in [6.45, 7) is 0. The number of carboxylic acid groups (broad SMARTS) is 1. The molecule has 146 valence electrons. The van der Waals surface area contributed by atoms with Crippen LogP contribution in [0, 0.1) is 11.6 Å². The number of hydrogen-bond donors (Lipinski definition) is 1. The zero-order chi connectivity index (χ0) is 20.5. The second-order valence-corrected chi connectivity index (χ2v) is 6.32. The average Bonchev–Trinajstić information content (AvgIpc) is 3.07. The van der Waals surface area contributed by atoms with Crippen molar-refractivity contribution in [2.75, 3.05) is 7.11 Å². The zero-order valence-electron chi connectivity index (χ0n) is 15.3. The van der Waals surface area contributed by atoms with Crippen LogP contribution in [-0.2, 0) is 11.2 Å². The standard InChI is InChI=1S/C21H15F2N3O3/c1-29-21-18-16(8-9-24-21)26(20-14(22)6-3-7-15(20)23)25-19(18)13-5-2-4-12(10-13)11-17(27)28/h2-10H,11H2,1H3,(H,27,28). The Hall–Kier alpha value is -3.81. The number of benzene rings is 2. The van der Waals surface area contributed by atoms with Gasteiger partial charge in [-0.1, -0.05) is 24.3 Å². The molecule has 0 bridgehead atoms. The highest BCUT2D eigenvalue weighted by molar-refractivity contribution is 5.98. The molecule has 8 heteroatoms. The topological polar surface area (TPSA) is 77.2 Å². The van der Waals surface area contributed by atoms with E-state index in [2.05, 4.69) is 10.1 Å². The molecular formula is C21H15F2N3O3. The molecule has 0 amide bonds. The summed E-state index contributed by atoms with van der Waals surface area (Å²) in [5, 5.41) is 14.0. The van der Waals surface area contributed by atoms with Crippen LogP contribution < -0.4 is 4.74 Å². The van der Waals surface area contributed by atoms with Crippen LogP contribution in [0.3, 0.4) is 0 Å². The second kappa shape index (κ2) is 7.31. The number of pyridine rings is 1. The number of nitrogens with zero attached hydrogens (tertiary/aromatic N) is 3. The maximum absolute atomic E-state index is 14.5. The third-order valence-corrected chi connectivity index (χ3v) is 4.46. The van der Waals surface area contributed by atoms with Crippen molar-refractivity contribution in [2.45, 2.75) is 6.42 Å². The molecule has 0 aliphatic heterocycles. The second-order valence-electron chi connectivity index (χ2n) is 6.32. The summed E-state index contributed by atoms with van der Waals surface area (Å²) in [5.74, 6) is -2.26. The summed E-state index contributed by atoms with van der Waals surface area (Å²) in [7, 11) is 1.44. The van der Waals surface area contributed by atoms with Gasteiger partial charge in [0.05, 0.1) is 24.4 Å².